The molecule has 1 aromatic heterocycles. The van der Waals surface area contributed by atoms with Crippen molar-refractivity contribution in [2.45, 2.75) is 18.6 Å². The molecule has 1 heterocycles. The third-order valence-electron chi connectivity index (χ3n) is 5.87. The van der Waals surface area contributed by atoms with Crippen molar-refractivity contribution >= 4 is 28.5 Å². The van der Waals surface area contributed by atoms with Gasteiger partial charge in [-0.05, 0) is 54.6 Å². The van der Waals surface area contributed by atoms with E-state index in [2.05, 4.69) is 10.3 Å². The van der Waals surface area contributed by atoms with Gasteiger partial charge in [-0.25, -0.2) is 4.39 Å². The Morgan fingerprint density at radius 3 is 2.41 bits per heavy atom. The number of hydrogen-bond donors (Lipinski definition) is 3. The highest BCUT2D eigenvalue weighted by molar-refractivity contribution is 6.04. The highest BCUT2D eigenvalue weighted by atomic mass is 19.4. The summed E-state index contributed by atoms with van der Waals surface area (Å²) in [7, 11) is 1.44. The van der Waals surface area contributed by atoms with Gasteiger partial charge in [-0.15, -0.1) is 0 Å². The van der Waals surface area contributed by atoms with E-state index in [-0.39, 0.29) is 18.7 Å². The number of halogens is 4. The molecule has 0 radical (unpaired) electrons. The fraction of sp³-hybridized carbons (Fsp3) is 0.179. The van der Waals surface area contributed by atoms with Crippen molar-refractivity contribution in [1.29, 1.82) is 0 Å². The molecule has 0 saturated carbocycles. The Bertz CT molecular complexity index is 1580. The molecule has 0 fully saturated rings. The Balaban J connectivity index is 1.49. The molecule has 13 heteroatoms. The van der Waals surface area contributed by atoms with Crippen LogP contribution in [0.2, 0.25) is 0 Å². The first-order chi connectivity index (χ1) is 19.5. The summed E-state index contributed by atoms with van der Waals surface area (Å²) in [6, 6.07) is 11.3. The number of carboxylic acids is 1. The summed E-state index contributed by atoms with van der Waals surface area (Å²) in [5.41, 5.74) is 4.31. The van der Waals surface area contributed by atoms with Crippen LogP contribution >= 0.6 is 0 Å². The number of nitrogens with zero attached hydrogens (tertiary/aromatic N) is 1. The van der Waals surface area contributed by atoms with Gasteiger partial charge in [-0.1, -0.05) is 0 Å². The minimum atomic E-state index is -4.73. The van der Waals surface area contributed by atoms with Crippen LogP contribution in [-0.4, -0.2) is 41.7 Å². The van der Waals surface area contributed by atoms with Gasteiger partial charge in [0, 0.05) is 29.8 Å². The molecule has 41 heavy (non-hydrogen) atoms. The van der Waals surface area contributed by atoms with Gasteiger partial charge in [-0.2, -0.15) is 13.2 Å². The summed E-state index contributed by atoms with van der Waals surface area (Å²) >= 11 is 0. The van der Waals surface area contributed by atoms with Gasteiger partial charge in [0.1, 0.15) is 23.4 Å². The van der Waals surface area contributed by atoms with Crippen LogP contribution < -0.4 is 25.3 Å². The molecule has 3 aromatic carbocycles. The average molecular weight is 573 g/mol. The maximum absolute atomic E-state index is 14.0. The smallest absolute Gasteiger partial charge is 0.416 e. The number of methoxy groups -OCH3 is 1. The normalized spacial score (nSPS) is 12.0. The van der Waals surface area contributed by atoms with Crippen molar-refractivity contribution in [3.8, 4) is 23.0 Å². The predicted molar refractivity (Wildman–Crippen MR) is 140 cm³/mol. The number of carboxylic acid groups (broad SMARTS) is 1. The number of nitrogens with one attached hydrogen (secondary N) is 1. The van der Waals surface area contributed by atoms with E-state index in [4.69, 9.17) is 25.1 Å². The number of nitrogens with two attached hydrogens (primary N) is 1. The molecule has 0 saturated heterocycles. The molecular weight excluding hydrogens is 550 g/mol. The first-order valence-corrected chi connectivity index (χ1v) is 12.0. The van der Waals surface area contributed by atoms with E-state index < -0.39 is 41.0 Å². The molecule has 9 nitrogen and oxygen atoms in total. The first kappa shape index (κ1) is 29.1. The lowest BCUT2D eigenvalue weighted by atomic mass is 10.1. The van der Waals surface area contributed by atoms with Crippen molar-refractivity contribution in [3.63, 3.8) is 0 Å². The number of fused-ring (bicyclic) bond motifs is 1. The van der Waals surface area contributed by atoms with Crippen LogP contribution in [0.1, 0.15) is 22.3 Å². The van der Waals surface area contributed by atoms with Crippen LogP contribution in [0.3, 0.4) is 0 Å². The zero-order valence-corrected chi connectivity index (χ0v) is 21.4. The van der Waals surface area contributed by atoms with Crippen molar-refractivity contribution in [1.82, 2.24) is 4.98 Å². The second kappa shape index (κ2) is 12.1. The number of hydrogen-bond acceptors (Lipinski definition) is 7. The van der Waals surface area contributed by atoms with Gasteiger partial charge >= 0.3 is 12.1 Å². The third kappa shape index (κ3) is 7.00. The quantitative estimate of drug-likeness (QED) is 0.208. The number of benzene rings is 3. The maximum Gasteiger partial charge on any atom is 0.416 e. The van der Waals surface area contributed by atoms with E-state index in [0.29, 0.717) is 52.1 Å². The van der Waals surface area contributed by atoms with Gasteiger partial charge in [0.15, 0.2) is 11.5 Å². The molecule has 0 spiro atoms. The van der Waals surface area contributed by atoms with Crippen molar-refractivity contribution in [2.75, 3.05) is 19.0 Å². The zero-order valence-electron chi connectivity index (χ0n) is 21.4. The fourth-order valence-electron chi connectivity index (χ4n) is 3.72. The average Bonchev–Trinajstić information content (AvgIpc) is 2.93. The molecule has 1 amide bonds. The number of aromatic nitrogens is 1. The van der Waals surface area contributed by atoms with Gasteiger partial charge in [-0.3, -0.25) is 14.6 Å². The molecule has 4 aromatic rings. The fourth-order valence-corrected chi connectivity index (χ4v) is 3.72. The van der Waals surface area contributed by atoms with E-state index in [1.807, 2.05) is 0 Å². The highest BCUT2D eigenvalue weighted by Gasteiger charge is 2.32. The molecule has 4 rings (SSSR count). The number of carbonyl (C=O) groups is 2. The molecular formula is C28H23F4N3O6. The number of carbonyl (C=O) groups excluding carboxylic acids is 1. The molecule has 0 aliphatic rings. The second-order valence-electron chi connectivity index (χ2n) is 8.68. The van der Waals surface area contributed by atoms with Gasteiger partial charge in [0.05, 0.1) is 30.4 Å². The van der Waals surface area contributed by atoms with Gasteiger partial charge in [0.2, 0.25) is 0 Å². The highest BCUT2D eigenvalue weighted by Crippen LogP contribution is 2.37. The molecule has 0 aliphatic heterocycles. The monoisotopic (exact) mass is 573 g/mol. The summed E-state index contributed by atoms with van der Waals surface area (Å²) in [6.07, 6.45) is -3.14. The summed E-state index contributed by atoms with van der Waals surface area (Å²) < 4.78 is 70.0. The van der Waals surface area contributed by atoms with E-state index >= 15 is 0 Å². The van der Waals surface area contributed by atoms with E-state index in [1.165, 1.54) is 37.6 Å². The lowest BCUT2D eigenvalue weighted by Gasteiger charge is -2.15. The van der Waals surface area contributed by atoms with Gasteiger partial charge in [0.25, 0.3) is 5.91 Å². The standard InChI is InChI=1S/C28H23F4N3O6/c1-39-24-13-19-22(14-25(24)40-11-9-21(33)27(37)38)34-10-8-23(19)41-17-5-3-16(4-6-17)35-26(36)18-12-15(28(30,31)32)2-7-20(18)29/h2-8,10,12-14,21H,9,11,33H2,1H3,(H,35,36)(H,37,38). The number of anilines is 1. The summed E-state index contributed by atoms with van der Waals surface area (Å²) in [4.78, 5) is 27.7. The van der Waals surface area contributed by atoms with Crippen molar-refractivity contribution < 1.29 is 46.5 Å². The lowest BCUT2D eigenvalue weighted by molar-refractivity contribution is -0.139. The third-order valence-corrected chi connectivity index (χ3v) is 5.87. The van der Waals surface area contributed by atoms with E-state index in [9.17, 15) is 27.2 Å². The van der Waals surface area contributed by atoms with Crippen LogP contribution in [0.4, 0.5) is 23.2 Å². The van der Waals surface area contributed by atoms with Crippen molar-refractivity contribution in [3.05, 3.63) is 83.8 Å². The number of alkyl halides is 3. The summed E-state index contributed by atoms with van der Waals surface area (Å²) in [6.45, 7) is 0.0365. The largest absolute Gasteiger partial charge is 0.493 e. The molecule has 0 bridgehead atoms. The molecule has 4 N–H and O–H groups in total. The molecule has 1 atom stereocenters. The minimum absolute atomic E-state index is 0.0365. The zero-order chi connectivity index (χ0) is 29.7. The van der Waals surface area contributed by atoms with Crippen LogP contribution in [0.15, 0.2) is 66.9 Å². The number of aliphatic carboxylic acids is 1. The Morgan fingerprint density at radius 2 is 1.76 bits per heavy atom. The number of amides is 1. The summed E-state index contributed by atoms with van der Waals surface area (Å²) in [5.74, 6) is -1.84. The Labute approximate surface area is 230 Å². The number of ether oxygens (including phenoxy) is 3. The minimum Gasteiger partial charge on any atom is -0.493 e. The Morgan fingerprint density at radius 1 is 1.02 bits per heavy atom. The predicted octanol–water partition coefficient (Wildman–Crippen LogP) is 5.63. The van der Waals surface area contributed by atoms with E-state index in [0.717, 1.165) is 0 Å². The molecule has 214 valence electrons. The molecule has 0 aliphatic carbocycles. The van der Waals surface area contributed by atoms with Gasteiger partial charge < -0.3 is 30.4 Å². The van der Waals surface area contributed by atoms with E-state index in [1.54, 1.807) is 18.2 Å². The maximum atomic E-state index is 14.0. The Kier molecular flexibility index (Phi) is 8.57. The number of rotatable bonds is 10. The van der Waals surface area contributed by atoms with Crippen LogP contribution in [0.5, 0.6) is 23.0 Å². The topological polar surface area (TPSA) is 133 Å². The summed E-state index contributed by atoms with van der Waals surface area (Å²) in [5, 5.41) is 11.9. The lowest BCUT2D eigenvalue weighted by Crippen LogP contribution is -2.31. The van der Waals surface area contributed by atoms with Crippen LogP contribution in [0.25, 0.3) is 10.9 Å². The van der Waals surface area contributed by atoms with Crippen LogP contribution in [-0.2, 0) is 11.0 Å². The first-order valence-electron chi connectivity index (χ1n) is 12.0. The van der Waals surface area contributed by atoms with Crippen molar-refractivity contribution in [2.24, 2.45) is 5.73 Å². The Hall–Kier alpha value is -4.91. The molecule has 1 unspecified atom stereocenters. The van der Waals surface area contributed by atoms with Crippen LogP contribution in [0, 0.1) is 5.82 Å². The number of pyridine rings is 1. The second-order valence-corrected chi connectivity index (χ2v) is 8.68. The SMILES string of the molecule is COc1cc2c(Oc3ccc(NC(=O)c4cc(C(F)(F)F)ccc4F)cc3)ccnc2cc1OCCC(N)C(=O)O.